The number of nitrogens with zero attached hydrogens (tertiary/aromatic N) is 4. The van der Waals surface area contributed by atoms with Crippen LogP contribution in [-0.2, 0) is 9.59 Å². The number of nitriles is 1. The van der Waals surface area contributed by atoms with Crippen LogP contribution in [0.25, 0.3) is 0 Å². The number of carbonyl (C=O) groups excluding carboxylic acids is 2. The lowest BCUT2D eigenvalue weighted by Crippen LogP contribution is -2.52. The average molecular weight is 398 g/mol. The monoisotopic (exact) mass is 397 g/mol. The number of amides is 2. The third-order valence-corrected chi connectivity index (χ3v) is 5.92. The number of piperazine rings is 1. The van der Waals surface area contributed by atoms with Crippen molar-refractivity contribution in [3.63, 3.8) is 0 Å². The van der Waals surface area contributed by atoms with Gasteiger partial charge in [-0.05, 0) is 38.3 Å². The molecule has 0 bridgehead atoms. The molecule has 1 unspecified atom stereocenters. The summed E-state index contributed by atoms with van der Waals surface area (Å²) >= 11 is 0. The van der Waals surface area contributed by atoms with Crippen LogP contribution in [-0.4, -0.2) is 78.4 Å². The summed E-state index contributed by atoms with van der Waals surface area (Å²) in [4.78, 5) is 31.4. The van der Waals surface area contributed by atoms with Crippen molar-refractivity contribution in [2.24, 2.45) is 0 Å². The maximum absolute atomic E-state index is 12.6. The molecule has 0 saturated carbocycles. The second-order valence-electron chi connectivity index (χ2n) is 8.01. The van der Waals surface area contributed by atoms with Crippen LogP contribution < -0.4 is 5.32 Å². The molecule has 0 spiro atoms. The third kappa shape index (κ3) is 6.02. The number of hydrogen-bond donors (Lipinski definition) is 1. The number of carbonyl (C=O) groups is 2. The van der Waals surface area contributed by atoms with Crippen molar-refractivity contribution in [1.29, 1.82) is 5.26 Å². The Balaban J connectivity index is 1.37. The third-order valence-electron chi connectivity index (χ3n) is 5.92. The number of para-hydroxylation sites is 1. The second-order valence-corrected chi connectivity index (χ2v) is 8.01. The molecule has 7 nitrogen and oxygen atoms in total. The molecular formula is C22H31N5O2. The highest BCUT2D eigenvalue weighted by atomic mass is 16.2. The van der Waals surface area contributed by atoms with Crippen LogP contribution in [0.3, 0.4) is 0 Å². The van der Waals surface area contributed by atoms with Crippen molar-refractivity contribution < 1.29 is 9.59 Å². The summed E-state index contributed by atoms with van der Waals surface area (Å²) in [5.74, 6) is 0.172. The summed E-state index contributed by atoms with van der Waals surface area (Å²) in [6.07, 6.45) is 3.84. The van der Waals surface area contributed by atoms with Crippen molar-refractivity contribution in [3.8, 4) is 6.07 Å². The summed E-state index contributed by atoms with van der Waals surface area (Å²) in [6.45, 7) is 7.67. The predicted octanol–water partition coefficient (Wildman–Crippen LogP) is 1.91. The molecule has 0 radical (unpaired) electrons. The summed E-state index contributed by atoms with van der Waals surface area (Å²) in [5, 5.41) is 11.9. The van der Waals surface area contributed by atoms with Gasteiger partial charge in [0.2, 0.25) is 11.8 Å². The van der Waals surface area contributed by atoms with Crippen LogP contribution in [0.5, 0.6) is 0 Å². The van der Waals surface area contributed by atoms with E-state index in [0.717, 1.165) is 45.6 Å². The van der Waals surface area contributed by atoms with E-state index < -0.39 is 0 Å². The fourth-order valence-corrected chi connectivity index (χ4v) is 4.08. The summed E-state index contributed by atoms with van der Waals surface area (Å²) in [5.41, 5.74) is 1.04. The molecule has 2 aliphatic heterocycles. The summed E-state index contributed by atoms with van der Waals surface area (Å²) in [7, 11) is 0. The molecule has 2 saturated heterocycles. The molecule has 0 aromatic heterocycles. The normalized spacial score (nSPS) is 20.8. The number of rotatable bonds is 6. The van der Waals surface area contributed by atoms with E-state index in [4.69, 9.17) is 5.26 Å². The maximum Gasteiger partial charge on any atom is 0.236 e. The highest BCUT2D eigenvalue weighted by Gasteiger charge is 2.26. The molecular weight excluding hydrogens is 366 g/mol. The summed E-state index contributed by atoms with van der Waals surface area (Å²) in [6, 6.07) is 9.48. The Hall–Kier alpha value is -2.43. The van der Waals surface area contributed by atoms with Crippen molar-refractivity contribution in [2.75, 3.05) is 51.1 Å². The van der Waals surface area contributed by atoms with Crippen LogP contribution in [0, 0.1) is 11.3 Å². The van der Waals surface area contributed by atoms with E-state index in [-0.39, 0.29) is 11.8 Å². The lowest BCUT2D eigenvalue weighted by Gasteiger charge is -2.38. The van der Waals surface area contributed by atoms with E-state index in [1.807, 2.05) is 11.0 Å². The van der Waals surface area contributed by atoms with Gasteiger partial charge >= 0.3 is 0 Å². The predicted molar refractivity (Wildman–Crippen MR) is 112 cm³/mol. The molecule has 2 heterocycles. The standard InChI is InChI=1S/C22H31N5O2/c1-18-6-4-5-10-27(18)22(29)17-26-14-12-25(13-15-26)11-9-21(28)24-20-8-3-2-7-19(20)16-23/h2-3,7-8,18H,4-6,9-15,17H2,1H3,(H,24,28). The summed E-state index contributed by atoms with van der Waals surface area (Å²) < 4.78 is 0. The van der Waals surface area contributed by atoms with E-state index in [1.165, 1.54) is 6.42 Å². The molecule has 3 rings (SSSR count). The number of piperidine rings is 1. The molecule has 2 amide bonds. The smallest absolute Gasteiger partial charge is 0.236 e. The zero-order valence-electron chi connectivity index (χ0n) is 17.3. The minimum atomic E-state index is -0.0793. The Labute approximate surface area is 173 Å². The minimum Gasteiger partial charge on any atom is -0.339 e. The molecule has 7 heteroatoms. The van der Waals surface area contributed by atoms with Crippen LogP contribution in [0.4, 0.5) is 5.69 Å². The van der Waals surface area contributed by atoms with Crippen molar-refractivity contribution in [1.82, 2.24) is 14.7 Å². The minimum absolute atomic E-state index is 0.0793. The molecule has 1 N–H and O–H groups in total. The maximum atomic E-state index is 12.6. The van der Waals surface area contributed by atoms with Gasteiger partial charge in [0.05, 0.1) is 17.8 Å². The Bertz CT molecular complexity index is 752. The van der Waals surface area contributed by atoms with Gasteiger partial charge in [0, 0.05) is 51.7 Å². The highest BCUT2D eigenvalue weighted by Crippen LogP contribution is 2.17. The highest BCUT2D eigenvalue weighted by molar-refractivity contribution is 5.92. The Morgan fingerprint density at radius 1 is 1.10 bits per heavy atom. The van der Waals surface area contributed by atoms with E-state index in [1.54, 1.807) is 18.2 Å². The van der Waals surface area contributed by atoms with E-state index in [9.17, 15) is 9.59 Å². The van der Waals surface area contributed by atoms with Crippen molar-refractivity contribution in [2.45, 2.75) is 38.6 Å². The van der Waals surface area contributed by atoms with E-state index >= 15 is 0 Å². The Morgan fingerprint density at radius 3 is 2.55 bits per heavy atom. The first-order valence-corrected chi connectivity index (χ1v) is 10.6. The van der Waals surface area contributed by atoms with Crippen LogP contribution in [0.15, 0.2) is 24.3 Å². The average Bonchev–Trinajstić information content (AvgIpc) is 2.74. The molecule has 1 aromatic rings. The van der Waals surface area contributed by atoms with Crippen molar-refractivity contribution in [3.05, 3.63) is 29.8 Å². The lowest BCUT2D eigenvalue weighted by molar-refractivity contribution is -0.136. The van der Waals surface area contributed by atoms with Gasteiger partial charge in [-0.25, -0.2) is 0 Å². The molecule has 1 atom stereocenters. The van der Waals surface area contributed by atoms with Gasteiger partial charge in [0.1, 0.15) is 6.07 Å². The van der Waals surface area contributed by atoms with Gasteiger partial charge in [-0.15, -0.1) is 0 Å². The fraction of sp³-hybridized carbons (Fsp3) is 0.591. The van der Waals surface area contributed by atoms with Crippen LogP contribution in [0.2, 0.25) is 0 Å². The van der Waals surface area contributed by atoms with Crippen LogP contribution in [0.1, 0.15) is 38.2 Å². The van der Waals surface area contributed by atoms with Crippen LogP contribution >= 0.6 is 0 Å². The van der Waals surface area contributed by atoms with Crippen molar-refractivity contribution >= 4 is 17.5 Å². The topological polar surface area (TPSA) is 79.7 Å². The molecule has 1 aromatic carbocycles. The number of likely N-dealkylation sites (tertiary alicyclic amines) is 1. The van der Waals surface area contributed by atoms with E-state index in [2.05, 4.69) is 28.1 Å². The Kier molecular flexibility index (Phi) is 7.62. The fourth-order valence-electron chi connectivity index (χ4n) is 4.08. The molecule has 29 heavy (non-hydrogen) atoms. The zero-order chi connectivity index (χ0) is 20.6. The molecule has 0 aliphatic carbocycles. The quantitative estimate of drug-likeness (QED) is 0.793. The SMILES string of the molecule is CC1CCCCN1C(=O)CN1CCN(CCC(=O)Nc2ccccc2C#N)CC1. The molecule has 2 aliphatic rings. The largest absolute Gasteiger partial charge is 0.339 e. The first kappa shape index (κ1) is 21.3. The molecule has 2 fully saturated rings. The van der Waals surface area contributed by atoms with Gasteiger partial charge < -0.3 is 15.1 Å². The second kappa shape index (κ2) is 10.4. The number of hydrogen-bond acceptors (Lipinski definition) is 5. The zero-order valence-corrected chi connectivity index (χ0v) is 17.3. The lowest BCUT2D eigenvalue weighted by atomic mass is 10.0. The van der Waals surface area contributed by atoms with Gasteiger partial charge in [0.15, 0.2) is 0 Å². The number of nitrogens with one attached hydrogen (secondary N) is 1. The first-order chi connectivity index (χ1) is 14.1. The first-order valence-electron chi connectivity index (χ1n) is 10.6. The van der Waals surface area contributed by atoms with Gasteiger partial charge in [0.25, 0.3) is 0 Å². The van der Waals surface area contributed by atoms with Gasteiger partial charge in [-0.3, -0.25) is 14.5 Å². The Morgan fingerprint density at radius 2 is 1.83 bits per heavy atom. The van der Waals surface area contributed by atoms with Gasteiger partial charge in [-0.2, -0.15) is 5.26 Å². The van der Waals surface area contributed by atoms with E-state index in [0.29, 0.717) is 36.8 Å². The number of anilines is 1. The number of benzene rings is 1. The molecule has 156 valence electrons. The van der Waals surface area contributed by atoms with Gasteiger partial charge in [-0.1, -0.05) is 12.1 Å².